The lowest BCUT2D eigenvalue weighted by atomic mass is 9.92. The maximum absolute atomic E-state index is 13.6. The predicted molar refractivity (Wildman–Crippen MR) is 104 cm³/mol. The number of carbonyl (C=O) groups excluding carboxylic acids is 2. The van der Waals surface area contributed by atoms with Gasteiger partial charge in [0.25, 0.3) is 0 Å². The Hall–Kier alpha value is -3.06. The van der Waals surface area contributed by atoms with Crippen LogP contribution >= 0.6 is 0 Å². The molecule has 7 nitrogen and oxygen atoms in total. The molecule has 0 saturated heterocycles. The fourth-order valence-corrected chi connectivity index (χ4v) is 3.27. The fourth-order valence-electron chi connectivity index (χ4n) is 3.27. The summed E-state index contributed by atoms with van der Waals surface area (Å²) >= 11 is 0. The molecule has 188 valence electrons. The number of rotatable bonds is 1. The van der Waals surface area contributed by atoms with E-state index in [0.717, 1.165) is 25.1 Å². The highest BCUT2D eigenvalue weighted by Gasteiger charge is 2.51. The van der Waals surface area contributed by atoms with Gasteiger partial charge in [-0.2, -0.15) is 26.3 Å². The van der Waals surface area contributed by atoms with Gasteiger partial charge >= 0.3 is 18.3 Å². The first-order valence-electron chi connectivity index (χ1n) is 9.64. The molecule has 0 amide bonds. The van der Waals surface area contributed by atoms with Crippen molar-refractivity contribution in [1.82, 2.24) is 0 Å². The summed E-state index contributed by atoms with van der Waals surface area (Å²) in [6.07, 6.45) is -18.6. The molecule has 0 saturated carbocycles. The van der Waals surface area contributed by atoms with E-state index in [4.69, 9.17) is 9.47 Å². The monoisotopic (exact) mass is 498 g/mol. The zero-order valence-corrected chi connectivity index (χ0v) is 17.7. The van der Waals surface area contributed by atoms with Crippen molar-refractivity contribution in [3.05, 3.63) is 40.5 Å². The first-order chi connectivity index (χ1) is 15.6. The molecule has 1 heterocycles. The number of hydrogen-bond donors (Lipinski definition) is 3. The van der Waals surface area contributed by atoms with E-state index in [2.05, 4.69) is 0 Å². The number of phenols is 1. The average molecular weight is 498 g/mol. The second kappa shape index (κ2) is 10.1. The quantitative estimate of drug-likeness (QED) is 0.402. The number of ether oxygens (including phenoxy) is 2. The number of esters is 1. The first-order valence-corrected chi connectivity index (χ1v) is 9.64. The number of ketones is 1. The molecule has 34 heavy (non-hydrogen) atoms. The number of aliphatic hydroxyl groups excluding tert-OH is 2. The third kappa shape index (κ3) is 6.08. The van der Waals surface area contributed by atoms with Gasteiger partial charge in [-0.05, 0) is 25.0 Å². The number of fused-ring (bicyclic) bond motifs is 1. The molecule has 3 atom stereocenters. The molecule has 0 bridgehead atoms. The number of carbonyl (C=O) groups is 2. The molecule has 1 aromatic carbocycles. The molecular weight excluding hydrogens is 478 g/mol. The van der Waals surface area contributed by atoms with Crippen LogP contribution in [0.25, 0.3) is 6.08 Å². The molecule has 0 aliphatic carbocycles. The molecule has 0 fully saturated rings. The van der Waals surface area contributed by atoms with Crippen molar-refractivity contribution in [2.24, 2.45) is 0 Å². The van der Waals surface area contributed by atoms with Gasteiger partial charge in [-0.25, -0.2) is 4.79 Å². The number of aliphatic hydroxyl groups is 2. The molecule has 0 radical (unpaired) electrons. The summed E-state index contributed by atoms with van der Waals surface area (Å²) in [5.41, 5.74) is -5.69. The van der Waals surface area contributed by atoms with Crippen molar-refractivity contribution >= 4 is 17.8 Å². The number of hydrogen-bond acceptors (Lipinski definition) is 7. The maximum atomic E-state index is 13.6. The van der Waals surface area contributed by atoms with Gasteiger partial charge < -0.3 is 24.8 Å². The van der Waals surface area contributed by atoms with E-state index in [1.165, 1.54) is 13.2 Å². The Morgan fingerprint density at radius 3 is 2.21 bits per heavy atom. The number of aromatic hydroxyl groups is 1. The Kier molecular flexibility index (Phi) is 8.04. The molecule has 1 aromatic rings. The number of Topliss-reactive ketones (excluding diaryl/α,β-unsaturated/α-hetero) is 1. The van der Waals surface area contributed by atoms with Crippen LogP contribution in [-0.2, 0) is 9.53 Å². The van der Waals surface area contributed by atoms with E-state index in [9.17, 15) is 51.3 Å². The topological polar surface area (TPSA) is 113 Å². The van der Waals surface area contributed by atoms with E-state index < -0.39 is 77.7 Å². The highest BCUT2D eigenvalue weighted by Crippen LogP contribution is 2.40. The Balaban J connectivity index is 2.73. The fraction of sp³-hybridized carbons (Fsp3) is 0.429. The van der Waals surface area contributed by atoms with Gasteiger partial charge in [0.1, 0.15) is 34.8 Å². The van der Waals surface area contributed by atoms with Gasteiger partial charge in [-0.1, -0.05) is 12.2 Å². The van der Waals surface area contributed by atoms with Crippen LogP contribution in [0.1, 0.15) is 35.7 Å². The highest BCUT2D eigenvalue weighted by atomic mass is 19.4. The molecule has 0 aromatic heterocycles. The van der Waals surface area contributed by atoms with Gasteiger partial charge in [-0.3, -0.25) is 4.79 Å². The molecule has 1 aliphatic heterocycles. The Morgan fingerprint density at radius 1 is 1.06 bits per heavy atom. The number of alkyl halides is 6. The summed E-state index contributed by atoms with van der Waals surface area (Å²) in [4.78, 5) is 24.8. The van der Waals surface area contributed by atoms with E-state index in [1.807, 2.05) is 0 Å². The minimum absolute atomic E-state index is 0.0655. The van der Waals surface area contributed by atoms with Crippen LogP contribution in [0.3, 0.4) is 0 Å². The zero-order valence-electron chi connectivity index (χ0n) is 17.7. The summed E-state index contributed by atoms with van der Waals surface area (Å²) in [5, 5.41) is 30.1. The molecule has 0 spiro atoms. The Bertz CT molecular complexity index is 1010. The van der Waals surface area contributed by atoms with Crippen molar-refractivity contribution in [3.63, 3.8) is 0 Å². The second-order valence-electron chi connectivity index (χ2n) is 7.39. The second-order valence-corrected chi connectivity index (χ2v) is 7.39. The van der Waals surface area contributed by atoms with Crippen LogP contribution in [-0.4, -0.2) is 64.8 Å². The number of halogens is 6. The van der Waals surface area contributed by atoms with Crippen molar-refractivity contribution in [3.8, 4) is 11.5 Å². The lowest BCUT2D eigenvalue weighted by Gasteiger charge is -2.25. The normalized spacial score (nSPS) is 26.4. The molecule has 0 unspecified atom stereocenters. The largest absolute Gasteiger partial charge is 0.507 e. The molecular formula is C21H20F6O7. The molecule has 13 heteroatoms. The van der Waals surface area contributed by atoms with Crippen molar-refractivity contribution in [2.75, 3.05) is 7.11 Å². The zero-order chi connectivity index (χ0) is 26.0. The molecule has 2 rings (SSSR count). The summed E-state index contributed by atoms with van der Waals surface area (Å²) in [5.74, 6) is -4.36. The molecule has 3 N–H and O–H groups in total. The van der Waals surface area contributed by atoms with Crippen molar-refractivity contribution in [1.29, 1.82) is 0 Å². The van der Waals surface area contributed by atoms with Crippen LogP contribution in [0.2, 0.25) is 0 Å². The van der Waals surface area contributed by atoms with E-state index in [1.54, 1.807) is 0 Å². The van der Waals surface area contributed by atoms with Gasteiger partial charge in [0, 0.05) is 12.5 Å². The minimum Gasteiger partial charge on any atom is -0.507 e. The van der Waals surface area contributed by atoms with Crippen LogP contribution < -0.4 is 4.74 Å². The van der Waals surface area contributed by atoms with Gasteiger partial charge in [0.2, 0.25) is 0 Å². The third-order valence-corrected chi connectivity index (χ3v) is 4.84. The summed E-state index contributed by atoms with van der Waals surface area (Å²) < 4.78 is 91.2. The Morgan fingerprint density at radius 2 is 1.68 bits per heavy atom. The van der Waals surface area contributed by atoms with Crippen LogP contribution in [0.4, 0.5) is 26.3 Å². The highest BCUT2D eigenvalue weighted by molar-refractivity contribution is 6.01. The lowest BCUT2D eigenvalue weighted by molar-refractivity contribution is -0.146. The van der Waals surface area contributed by atoms with Gasteiger partial charge in [0.05, 0.1) is 18.8 Å². The number of benzene rings is 1. The third-order valence-electron chi connectivity index (χ3n) is 4.84. The van der Waals surface area contributed by atoms with E-state index in [0.29, 0.717) is 0 Å². The Labute approximate surface area is 188 Å². The van der Waals surface area contributed by atoms with E-state index in [-0.39, 0.29) is 11.3 Å². The summed E-state index contributed by atoms with van der Waals surface area (Å²) in [6, 6.07) is 2.24. The van der Waals surface area contributed by atoms with Crippen molar-refractivity contribution < 1.29 is 60.7 Å². The minimum atomic E-state index is -5.85. The maximum Gasteiger partial charge on any atom is 0.420 e. The van der Waals surface area contributed by atoms with Crippen LogP contribution in [0, 0.1) is 0 Å². The number of cyclic esters (lactones) is 1. The predicted octanol–water partition coefficient (Wildman–Crippen LogP) is 3.47. The standard InChI is InChI=1S/C21H20F6O7/c1-9-6-12(20(22,23)24)16(21(25,26)27)18(31)17(30)13(28)5-3-4-10-7-11(33-2)8-14(29)15(10)19(32)34-9/h3-4,7-9,13,17,28-30H,5-6H2,1-2H3/b4-3+,16-12-/t9-,13-,17-/m0/s1. The van der Waals surface area contributed by atoms with Gasteiger partial charge in [-0.15, -0.1) is 0 Å². The number of methoxy groups -OCH3 is 1. The molecule has 1 aliphatic rings. The van der Waals surface area contributed by atoms with Gasteiger partial charge in [0.15, 0.2) is 5.78 Å². The summed E-state index contributed by atoms with van der Waals surface area (Å²) in [7, 11) is 1.24. The smallest absolute Gasteiger partial charge is 0.420 e. The lowest BCUT2D eigenvalue weighted by Crippen LogP contribution is -2.40. The average Bonchev–Trinajstić information content (AvgIpc) is 2.69. The first kappa shape index (κ1) is 27.2. The SMILES string of the molecule is COc1cc(O)c2c(c1)/C=C/C[C@H](O)[C@H](O)C(=O)/C(C(F)(F)F)=C(/C(F)(F)F)C[C@H](C)OC2=O. The van der Waals surface area contributed by atoms with Crippen LogP contribution in [0.5, 0.6) is 11.5 Å². The van der Waals surface area contributed by atoms with Crippen molar-refractivity contribution in [2.45, 2.75) is 50.4 Å². The van der Waals surface area contributed by atoms with Crippen LogP contribution in [0.15, 0.2) is 29.4 Å². The number of phenolic OH excluding ortho intramolecular Hbond substituents is 1. The summed E-state index contributed by atoms with van der Waals surface area (Å²) in [6.45, 7) is 0.856. The van der Waals surface area contributed by atoms with E-state index >= 15 is 0 Å².